The number of hydrogen-bond acceptors (Lipinski definition) is 2. The summed E-state index contributed by atoms with van der Waals surface area (Å²) < 4.78 is 0. The van der Waals surface area contributed by atoms with Gasteiger partial charge in [0.2, 0.25) is 0 Å². The summed E-state index contributed by atoms with van der Waals surface area (Å²) in [5, 5.41) is 0. The van der Waals surface area contributed by atoms with E-state index in [4.69, 9.17) is 0 Å². The van der Waals surface area contributed by atoms with Crippen LogP contribution < -0.4 is 0 Å². The highest BCUT2D eigenvalue weighted by Crippen LogP contribution is 2.40. The Labute approximate surface area is 97.3 Å². The zero-order valence-electron chi connectivity index (χ0n) is 10.3. The maximum Gasteiger partial charge on any atom is 0.164 e. The fourth-order valence-electron chi connectivity index (χ4n) is 2.49. The molecule has 86 valence electrons. The van der Waals surface area contributed by atoms with Crippen LogP contribution in [0.4, 0.5) is 0 Å². The minimum atomic E-state index is 0.0396. The number of carbonyl (C=O) groups excluding carboxylic acids is 1. The number of Topliss-reactive ketones (excluding diaryl/α,β-unsaturated/α-hetero) is 1. The number of benzene rings is 1. The van der Waals surface area contributed by atoms with Gasteiger partial charge in [0.05, 0.1) is 0 Å². The second-order valence-corrected chi connectivity index (χ2v) is 5.26. The number of rotatable bonds is 3. The second kappa shape index (κ2) is 4.02. The minimum Gasteiger partial charge on any atom is -0.309 e. The summed E-state index contributed by atoms with van der Waals surface area (Å²) in [6, 6.07) is 8.05. The molecule has 0 bridgehead atoms. The quantitative estimate of drug-likeness (QED) is 0.775. The fourth-order valence-corrected chi connectivity index (χ4v) is 2.49. The molecule has 0 aliphatic heterocycles. The van der Waals surface area contributed by atoms with Gasteiger partial charge in [-0.25, -0.2) is 0 Å². The molecule has 0 saturated heterocycles. The summed E-state index contributed by atoms with van der Waals surface area (Å²) >= 11 is 0. The van der Waals surface area contributed by atoms with Crippen molar-refractivity contribution in [1.82, 2.24) is 4.90 Å². The summed E-state index contributed by atoms with van der Waals surface area (Å²) in [6.07, 6.45) is 1.71. The Bertz CT molecular complexity index is 411. The van der Waals surface area contributed by atoms with Crippen LogP contribution in [0.5, 0.6) is 0 Å². The second-order valence-electron chi connectivity index (χ2n) is 5.26. The molecule has 2 rings (SSSR count). The van der Waals surface area contributed by atoms with Crippen LogP contribution in [0.2, 0.25) is 0 Å². The van der Waals surface area contributed by atoms with Crippen LogP contribution in [0.25, 0.3) is 0 Å². The van der Waals surface area contributed by atoms with E-state index in [0.29, 0.717) is 12.2 Å². The van der Waals surface area contributed by atoms with Crippen LogP contribution in [0.1, 0.15) is 35.7 Å². The standard InChI is InChI=1S/C14H19NO/c1-14(8-9-15(2)3)10-13(16)11-6-4-5-7-12(11)14/h4-7H,8-10H2,1-3H3. The number of fused-ring (bicyclic) bond motifs is 1. The molecule has 1 aromatic carbocycles. The molecule has 16 heavy (non-hydrogen) atoms. The zero-order valence-corrected chi connectivity index (χ0v) is 10.3. The molecule has 0 spiro atoms. The third-order valence-corrected chi connectivity index (χ3v) is 3.54. The van der Waals surface area contributed by atoms with Gasteiger partial charge in [0, 0.05) is 17.4 Å². The zero-order chi connectivity index (χ0) is 11.8. The van der Waals surface area contributed by atoms with Crippen molar-refractivity contribution in [2.45, 2.75) is 25.2 Å². The molecule has 1 aromatic rings. The van der Waals surface area contributed by atoms with Crippen LogP contribution >= 0.6 is 0 Å². The highest BCUT2D eigenvalue weighted by molar-refractivity contribution is 6.02. The van der Waals surface area contributed by atoms with Gasteiger partial charge in [-0.2, -0.15) is 0 Å². The van der Waals surface area contributed by atoms with Gasteiger partial charge < -0.3 is 4.90 Å². The molecule has 2 heteroatoms. The van der Waals surface area contributed by atoms with Crippen LogP contribution in [0, 0.1) is 0 Å². The molecule has 1 atom stereocenters. The topological polar surface area (TPSA) is 20.3 Å². The van der Waals surface area contributed by atoms with Crippen LogP contribution in [0.15, 0.2) is 24.3 Å². The minimum absolute atomic E-state index is 0.0396. The average Bonchev–Trinajstić information content (AvgIpc) is 2.51. The van der Waals surface area contributed by atoms with Crippen LogP contribution in [0.3, 0.4) is 0 Å². The van der Waals surface area contributed by atoms with Crippen molar-refractivity contribution in [1.29, 1.82) is 0 Å². The van der Waals surface area contributed by atoms with E-state index in [1.165, 1.54) is 5.56 Å². The lowest BCUT2D eigenvalue weighted by atomic mass is 9.81. The third kappa shape index (κ3) is 1.90. The van der Waals surface area contributed by atoms with Gasteiger partial charge in [-0.05, 0) is 32.6 Å². The van der Waals surface area contributed by atoms with E-state index >= 15 is 0 Å². The van der Waals surface area contributed by atoms with E-state index in [2.05, 4.69) is 32.0 Å². The van der Waals surface area contributed by atoms with Gasteiger partial charge in [-0.15, -0.1) is 0 Å². The fraction of sp³-hybridized carbons (Fsp3) is 0.500. The molecule has 1 aliphatic rings. The molecule has 0 aromatic heterocycles. The van der Waals surface area contributed by atoms with Gasteiger partial charge in [0.25, 0.3) is 0 Å². The largest absolute Gasteiger partial charge is 0.309 e. The first-order valence-corrected chi connectivity index (χ1v) is 5.80. The molecular formula is C14H19NO. The van der Waals surface area contributed by atoms with E-state index in [9.17, 15) is 4.79 Å². The van der Waals surface area contributed by atoms with Crippen LogP contribution in [-0.4, -0.2) is 31.3 Å². The number of nitrogens with zero attached hydrogens (tertiary/aromatic N) is 1. The molecular weight excluding hydrogens is 198 g/mol. The van der Waals surface area contributed by atoms with E-state index in [1.54, 1.807) is 0 Å². The van der Waals surface area contributed by atoms with Crippen molar-refractivity contribution >= 4 is 5.78 Å². The molecule has 1 unspecified atom stereocenters. The van der Waals surface area contributed by atoms with Gasteiger partial charge in [0.1, 0.15) is 0 Å². The third-order valence-electron chi connectivity index (χ3n) is 3.54. The van der Waals surface area contributed by atoms with Crippen molar-refractivity contribution in [2.75, 3.05) is 20.6 Å². The molecule has 0 heterocycles. The van der Waals surface area contributed by atoms with E-state index in [1.807, 2.05) is 18.2 Å². The first-order chi connectivity index (χ1) is 7.53. The number of hydrogen-bond donors (Lipinski definition) is 0. The predicted molar refractivity (Wildman–Crippen MR) is 65.9 cm³/mol. The van der Waals surface area contributed by atoms with Gasteiger partial charge in [-0.1, -0.05) is 31.2 Å². The Morgan fingerprint density at radius 3 is 2.69 bits per heavy atom. The predicted octanol–water partition coefficient (Wildman–Crippen LogP) is 2.48. The molecule has 0 amide bonds. The maximum absolute atomic E-state index is 11.9. The SMILES string of the molecule is CN(C)CCC1(C)CC(=O)c2ccccc21. The summed E-state index contributed by atoms with van der Waals surface area (Å²) in [7, 11) is 4.15. The summed E-state index contributed by atoms with van der Waals surface area (Å²) in [5.41, 5.74) is 2.21. The van der Waals surface area contributed by atoms with Gasteiger partial charge >= 0.3 is 0 Å². The number of ketones is 1. The Morgan fingerprint density at radius 2 is 2.00 bits per heavy atom. The first-order valence-electron chi connectivity index (χ1n) is 5.80. The van der Waals surface area contributed by atoms with E-state index in [0.717, 1.165) is 18.5 Å². The van der Waals surface area contributed by atoms with Crippen molar-refractivity contribution in [2.24, 2.45) is 0 Å². The maximum atomic E-state index is 11.9. The normalized spacial score (nSPS) is 23.9. The Morgan fingerprint density at radius 1 is 1.31 bits per heavy atom. The Balaban J connectivity index is 2.28. The molecule has 0 N–H and O–H groups in total. The van der Waals surface area contributed by atoms with E-state index in [-0.39, 0.29) is 5.41 Å². The van der Waals surface area contributed by atoms with E-state index < -0.39 is 0 Å². The Kier molecular flexibility index (Phi) is 2.85. The molecule has 1 aliphatic carbocycles. The molecule has 0 saturated carbocycles. The highest BCUT2D eigenvalue weighted by atomic mass is 16.1. The monoisotopic (exact) mass is 217 g/mol. The lowest BCUT2D eigenvalue weighted by Crippen LogP contribution is -2.25. The van der Waals surface area contributed by atoms with Gasteiger partial charge in [-0.3, -0.25) is 4.79 Å². The average molecular weight is 217 g/mol. The Hall–Kier alpha value is -1.15. The van der Waals surface area contributed by atoms with Crippen molar-refractivity contribution < 1.29 is 4.79 Å². The smallest absolute Gasteiger partial charge is 0.164 e. The summed E-state index contributed by atoms with van der Waals surface area (Å²) in [6.45, 7) is 3.23. The van der Waals surface area contributed by atoms with Gasteiger partial charge in [0.15, 0.2) is 5.78 Å². The van der Waals surface area contributed by atoms with Crippen molar-refractivity contribution in [3.8, 4) is 0 Å². The lowest BCUT2D eigenvalue weighted by Gasteiger charge is -2.26. The molecule has 0 radical (unpaired) electrons. The summed E-state index contributed by atoms with van der Waals surface area (Å²) in [5.74, 6) is 0.303. The first kappa shape index (κ1) is 11.3. The number of carbonyl (C=O) groups is 1. The van der Waals surface area contributed by atoms with Crippen LogP contribution in [-0.2, 0) is 5.41 Å². The highest BCUT2D eigenvalue weighted by Gasteiger charge is 2.38. The molecule has 0 fully saturated rings. The van der Waals surface area contributed by atoms with Crippen molar-refractivity contribution in [3.63, 3.8) is 0 Å². The lowest BCUT2D eigenvalue weighted by molar-refractivity contribution is 0.0973. The van der Waals surface area contributed by atoms with Crippen molar-refractivity contribution in [3.05, 3.63) is 35.4 Å². The summed E-state index contributed by atoms with van der Waals surface area (Å²) in [4.78, 5) is 14.1. The molecule has 2 nitrogen and oxygen atoms in total.